The van der Waals surface area contributed by atoms with Gasteiger partial charge in [0.15, 0.2) is 6.29 Å². The Kier molecular flexibility index (Phi) is 4.62. The van der Waals surface area contributed by atoms with Gasteiger partial charge in [0, 0.05) is 12.5 Å². The number of hydrogen-bond donors (Lipinski definition) is 0. The number of hydrogen-bond acceptors (Lipinski definition) is 4. The molecule has 1 fully saturated rings. The highest BCUT2D eigenvalue weighted by Crippen LogP contribution is 2.14. The molecule has 0 atom stereocenters. The molecule has 0 aromatic heterocycles. The maximum atomic E-state index is 10.9. The van der Waals surface area contributed by atoms with Gasteiger partial charge >= 0.3 is 5.97 Å². The summed E-state index contributed by atoms with van der Waals surface area (Å²) in [5, 5.41) is 0. The Balaban J connectivity index is 2.22. The molecule has 0 bridgehead atoms. The molecule has 80 valence electrons. The van der Waals surface area contributed by atoms with Crippen LogP contribution in [0.5, 0.6) is 0 Å². The lowest BCUT2D eigenvalue weighted by molar-refractivity contribution is -0.134. The molecule has 0 aliphatic carbocycles. The molecule has 0 spiro atoms. The van der Waals surface area contributed by atoms with Gasteiger partial charge in [0.25, 0.3) is 0 Å². The van der Waals surface area contributed by atoms with Crippen LogP contribution < -0.4 is 0 Å². The van der Waals surface area contributed by atoms with E-state index in [1.807, 2.05) is 6.92 Å². The standard InChI is InChI=1S/C10H16O4/c1-8(7-9(11)12-2)3-4-10-13-5-6-14-10/h7,10H,3-6H2,1-2H3/b8-7+. The molecule has 14 heavy (non-hydrogen) atoms. The summed E-state index contributed by atoms with van der Waals surface area (Å²) in [5.74, 6) is -0.309. The summed E-state index contributed by atoms with van der Waals surface area (Å²) in [6.07, 6.45) is 2.98. The van der Waals surface area contributed by atoms with E-state index >= 15 is 0 Å². The zero-order chi connectivity index (χ0) is 10.4. The minimum absolute atomic E-state index is 0.101. The minimum Gasteiger partial charge on any atom is -0.466 e. The largest absolute Gasteiger partial charge is 0.466 e. The zero-order valence-corrected chi connectivity index (χ0v) is 8.62. The molecule has 4 nitrogen and oxygen atoms in total. The highest BCUT2D eigenvalue weighted by molar-refractivity contribution is 5.82. The van der Waals surface area contributed by atoms with E-state index < -0.39 is 0 Å². The first-order chi connectivity index (χ1) is 6.72. The van der Waals surface area contributed by atoms with Crippen LogP contribution in [0, 0.1) is 0 Å². The monoisotopic (exact) mass is 200 g/mol. The molecule has 1 aliphatic rings. The summed E-state index contributed by atoms with van der Waals surface area (Å²) in [6, 6.07) is 0. The topological polar surface area (TPSA) is 44.8 Å². The summed E-state index contributed by atoms with van der Waals surface area (Å²) < 4.78 is 15.1. The van der Waals surface area contributed by atoms with Gasteiger partial charge in [-0.3, -0.25) is 0 Å². The predicted octanol–water partition coefficient (Wildman–Crippen LogP) is 1.26. The van der Waals surface area contributed by atoms with Crippen molar-refractivity contribution in [3.05, 3.63) is 11.6 Å². The van der Waals surface area contributed by atoms with Gasteiger partial charge in [0.05, 0.1) is 20.3 Å². The van der Waals surface area contributed by atoms with E-state index in [0.29, 0.717) is 13.2 Å². The number of rotatable bonds is 4. The number of allylic oxidation sites excluding steroid dienone is 1. The van der Waals surface area contributed by atoms with E-state index in [2.05, 4.69) is 4.74 Å². The Morgan fingerprint density at radius 1 is 1.50 bits per heavy atom. The lowest BCUT2D eigenvalue weighted by Gasteiger charge is -2.08. The summed E-state index contributed by atoms with van der Waals surface area (Å²) in [7, 11) is 1.37. The molecule has 4 heteroatoms. The van der Waals surface area contributed by atoms with Crippen molar-refractivity contribution in [1.29, 1.82) is 0 Å². The number of carbonyl (C=O) groups is 1. The van der Waals surface area contributed by atoms with Crippen LogP contribution in [0.4, 0.5) is 0 Å². The highest BCUT2D eigenvalue weighted by atomic mass is 16.7. The maximum absolute atomic E-state index is 10.9. The van der Waals surface area contributed by atoms with Crippen LogP contribution in [0.15, 0.2) is 11.6 Å². The molecule has 0 N–H and O–H groups in total. The van der Waals surface area contributed by atoms with Gasteiger partial charge in [-0.1, -0.05) is 5.57 Å². The first-order valence-corrected chi connectivity index (χ1v) is 4.70. The second-order valence-electron chi connectivity index (χ2n) is 3.22. The summed E-state index contributed by atoms with van der Waals surface area (Å²) in [5.41, 5.74) is 0.982. The van der Waals surface area contributed by atoms with Crippen molar-refractivity contribution in [2.24, 2.45) is 0 Å². The Labute approximate surface area is 83.8 Å². The van der Waals surface area contributed by atoms with Gasteiger partial charge in [-0.25, -0.2) is 4.79 Å². The third-order valence-electron chi connectivity index (χ3n) is 2.03. The molecule has 0 amide bonds. The molecule has 0 unspecified atom stereocenters. The fourth-order valence-corrected chi connectivity index (χ4v) is 1.25. The first-order valence-electron chi connectivity index (χ1n) is 4.70. The normalized spacial score (nSPS) is 18.6. The van der Waals surface area contributed by atoms with Crippen molar-refractivity contribution in [3.8, 4) is 0 Å². The Hall–Kier alpha value is -0.870. The summed E-state index contributed by atoms with van der Waals surface area (Å²) in [6.45, 7) is 3.24. The molecule has 1 saturated heterocycles. The van der Waals surface area contributed by atoms with Gasteiger partial charge in [-0.2, -0.15) is 0 Å². The van der Waals surface area contributed by atoms with E-state index in [9.17, 15) is 4.79 Å². The molecule has 1 rings (SSSR count). The van der Waals surface area contributed by atoms with Crippen LogP contribution in [0.25, 0.3) is 0 Å². The molecule has 0 saturated carbocycles. The van der Waals surface area contributed by atoms with E-state index in [0.717, 1.165) is 18.4 Å². The fourth-order valence-electron chi connectivity index (χ4n) is 1.25. The van der Waals surface area contributed by atoms with Crippen molar-refractivity contribution >= 4 is 5.97 Å². The lowest BCUT2D eigenvalue weighted by atomic mass is 10.1. The Morgan fingerprint density at radius 2 is 2.14 bits per heavy atom. The quantitative estimate of drug-likeness (QED) is 0.506. The average Bonchev–Trinajstić information content (AvgIpc) is 2.67. The first kappa shape index (κ1) is 11.2. The number of methoxy groups -OCH3 is 1. The minimum atomic E-state index is -0.309. The molecule has 0 radical (unpaired) electrons. The van der Waals surface area contributed by atoms with Crippen molar-refractivity contribution in [3.63, 3.8) is 0 Å². The second kappa shape index (κ2) is 5.78. The van der Waals surface area contributed by atoms with Gasteiger partial charge in [-0.05, 0) is 13.3 Å². The third kappa shape index (κ3) is 3.89. The molecule has 1 aliphatic heterocycles. The predicted molar refractivity (Wildman–Crippen MR) is 50.7 cm³/mol. The smallest absolute Gasteiger partial charge is 0.330 e. The highest BCUT2D eigenvalue weighted by Gasteiger charge is 2.15. The van der Waals surface area contributed by atoms with Crippen molar-refractivity contribution in [2.45, 2.75) is 26.1 Å². The van der Waals surface area contributed by atoms with Crippen LogP contribution in [0.2, 0.25) is 0 Å². The van der Waals surface area contributed by atoms with Crippen LogP contribution in [-0.2, 0) is 19.0 Å². The van der Waals surface area contributed by atoms with Gasteiger partial charge in [0.2, 0.25) is 0 Å². The second-order valence-corrected chi connectivity index (χ2v) is 3.22. The van der Waals surface area contributed by atoms with Crippen molar-refractivity contribution in [2.75, 3.05) is 20.3 Å². The van der Waals surface area contributed by atoms with Crippen molar-refractivity contribution in [1.82, 2.24) is 0 Å². The lowest BCUT2D eigenvalue weighted by Crippen LogP contribution is -2.07. The zero-order valence-electron chi connectivity index (χ0n) is 8.62. The van der Waals surface area contributed by atoms with E-state index in [-0.39, 0.29) is 12.3 Å². The van der Waals surface area contributed by atoms with Gasteiger partial charge in [0.1, 0.15) is 0 Å². The fraction of sp³-hybridized carbons (Fsp3) is 0.700. The maximum Gasteiger partial charge on any atom is 0.330 e. The number of ether oxygens (including phenoxy) is 3. The van der Waals surface area contributed by atoms with Crippen LogP contribution in [-0.4, -0.2) is 32.6 Å². The van der Waals surface area contributed by atoms with Crippen LogP contribution >= 0.6 is 0 Å². The van der Waals surface area contributed by atoms with Gasteiger partial charge in [-0.15, -0.1) is 0 Å². The SMILES string of the molecule is COC(=O)/C=C(\C)CCC1OCCO1. The summed E-state index contributed by atoms with van der Waals surface area (Å²) in [4.78, 5) is 10.9. The molecule has 0 aromatic rings. The summed E-state index contributed by atoms with van der Waals surface area (Å²) >= 11 is 0. The third-order valence-corrected chi connectivity index (χ3v) is 2.03. The Bertz CT molecular complexity index is 216. The van der Waals surface area contributed by atoms with E-state index in [1.54, 1.807) is 0 Å². The molecular weight excluding hydrogens is 184 g/mol. The van der Waals surface area contributed by atoms with E-state index in [1.165, 1.54) is 13.2 Å². The molecule has 0 aromatic carbocycles. The van der Waals surface area contributed by atoms with Crippen molar-refractivity contribution < 1.29 is 19.0 Å². The molecular formula is C10H16O4. The average molecular weight is 200 g/mol. The number of carbonyl (C=O) groups excluding carboxylic acids is 1. The number of esters is 1. The Morgan fingerprint density at radius 3 is 2.71 bits per heavy atom. The van der Waals surface area contributed by atoms with Gasteiger partial charge < -0.3 is 14.2 Å². The van der Waals surface area contributed by atoms with E-state index in [4.69, 9.17) is 9.47 Å². The van der Waals surface area contributed by atoms with Crippen LogP contribution in [0.3, 0.4) is 0 Å². The van der Waals surface area contributed by atoms with Crippen LogP contribution in [0.1, 0.15) is 19.8 Å². The molecule has 1 heterocycles.